The summed E-state index contributed by atoms with van der Waals surface area (Å²) in [7, 11) is 0. The number of carbonyl (C=O) groups excluding carboxylic acids is 1. The first kappa shape index (κ1) is 15.7. The van der Waals surface area contributed by atoms with Gasteiger partial charge in [-0.2, -0.15) is 0 Å². The number of hydrogen-bond acceptors (Lipinski definition) is 4. The van der Waals surface area contributed by atoms with Crippen LogP contribution in [0.25, 0.3) is 0 Å². The van der Waals surface area contributed by atoms with Crippen molar-refractivity contribution in [1.82, 2.24) is 15.5 Å². The monoisotopic (exact) mass is 283 g/mol. The van der Waals surface area contributed by atoms with Crippen molar-refractivity contribution in [2.45, 2.75) is 45.1 Å². The Hall–Kier alpha value is -0.650. The Labute approximate surface area is 122 Å². The second kappa shape index (κ2) is 6.41. The first-order valence-corrected chi connectivity index (χ1v) is 7.85. The molecule has 5 nitrogen and oxygen atoms in total. The normalized spacial score (nSPS) is 23.8. The van der Waals surface area contributed by atoms with Crippen molar-refractivity contribution >= 4 is 5.91 Å². The number of carbonyl (C=O) groups is 1. The summed E-state index contributed by atoms with van der Waals surface area (Å²) in [5, 5.41) is 16.0. The molecular formula is C15H29N3O2. The Balaban J connectivity index is 1.89. The van der Waals surface area contributed by atoms with Crippen molar-refractivity contribution < 1.29 is 9.90 Å². The van der Waals surface area contributed by atoms with Crippen LogP contribution in [0, 0.1) is 5.41 Å². The van der Waals surface area contributed by atoms with E-state index in [4.69, 9.17) is 0 Å². The van der Waals surface area contributed by atoms with Gasteiger partial charge < -0.3 is 15.7 Å². The van der Waals surface area contributed by atoms with E-state index in [9.17, 15) is 9.90 Å². The van der Waals surface area contributed by atoms with E-state index in [0.717, 1.165) is 51.9 Å². The van der Waals surface area contributed by atoms with Gasteiger partial charge in [0.25, 0.3) is 0 Å². The molecule has 1 aliphatic heterocycles. The van der Waals surface area contributed by atoms with Crippen molar-refractivity contribution in [3.8, 4) is 0 Å². The topological polar surface area (TPSA) is 64.6 Å². The van der Waals surface area contributed by atoms with Gasteiger partial charge in [0.2, 0.25) is 5.91 Å². The lowest BCUT2D eigenvalue weighted by molar-refractivity contribution is -0.132. The number of nitrogens with zero attached hydrogens (tertiary/aromatic N) is 1. The lowest BCUT2D eigenvalue weighted by Crippen LogP contribution is -2.60. The van der Waals surface area contributed by atoms with Gasteiger partial charge in [-0.15, -0.1) is 0 Å². The van der Waals surface area contributed by atoms with E-state index in [1.54, 1.807) is 0 Å². The van der Waals surface area contributed by atoms with Gasteiger partial charge in [0, 0.05) is 38.1 Å². The zero-order chi connectivity index (χ0) is 14.6. The van der Waals surface area contributed by atoms with Crippen LogP contribution in [0.4, 0.5) is 0 Å². The predicted octanol–water partition coefficient (Wildman–Crippen LogP) is 0.339. The van der Waals surface area contributed by atoms with Gasteiger partial charge in [0.15, 0.2) is 0 Å². The molecule has 0 aromatic rings. The van der Waals surface area contributed by atoms with Gasteiger partial charge in [-0.1, -0.05) is 12.8 Å². The van der Waals surface area contributed by atoms with E-state index in [2.05, 4.69) is 15.5 Å². The second-order valence-corrected chi connectivity index (χ2v) is 6.84. The highest BCUT2D eigenvalue weighted by Gasteiger charge is 2.38. The van der Waals surface area contributed by atoms with Crippen LogP contribution >= 0.6 is 0 Å². The molecule has 0 aromatic carbocycles. The molecule has 2 fully saturated rings. The fourth-order valence-corrected chi connectivity index (χ4v) is 3.37. The van der Waals surface area contributed by atoms with E-state index < -0.39 is 5.54 Å². The molecule has 1 heterocycles. The zero-order valence-corrected chi connectivity index (χ0v) is 12.9. The molecule has 0 bridgehead atoms. The average Bonchev–Trinajstić information content (AvgIpc) is 2.95. The summed E-state index contributed by atoms with van der Waals surface area (Å²) in [6.07, 6.45) is 4.38. The molecule has 3 N–H and O–H groups in total. The standard InChI is InChI=1S/C15H29N3O2/c1-14(2,18-9-7-16-8-10-18)13(20)17-11-15(12-19)5-3-4-6-15/h16,19H,3-12H2,1-2H3,(H,17,20). The largest absolute Gasteiger partial charge is 0.396 e. The van der Waals surface area contributed by atoms with Crippen molar-refractivity contribution in [1.29, 1.82) is 0 Å². The van der Waals surface area contributed by atoms with Crippen LogP contribution in [0.3, 0.4) is 0 Å². The van der Waals surface area contributed by atoms with Crippen LogP contribution in [0.5, 0.6) is 0 Å². The molecule has 20 heavy (non-hydrogen) atoms. The highest BCUT2D eigenvalue weighted by Crippen LogP contribution is 2.37. The number of piperazine rings is 1. The fraction of sp³-hybridized carbons (Fsp3) is 0.933. The predicted molar refractivity (Wildman–Crippen MR) is 79.5 cm³/mol. The molecule has 0 unspecified atom stereocenters. The van der Waals surface area contributed by atoms with Crippen molar-refractivity contribution in [2.75, 3.05) is 39.3 Å². The molecule has 0 atom stereocenters. The number of rotatable bonds is 5. The van der Waals surface area contributed by atoms with Crippen LogP contribution in [-0.2, 0) is 4.79 Å². The quantitative estimate of drug-likeness (QED) is 0.681. The summed E-state index contributed by atoms with van der Waals surface area (Å²) in [4.78, 5) is 14.8. The molecule has 0 radical (unpaired) electrons. The van der Waals surface area contributed by atoms with Crippen LogP contribution in [0.15, 0.2) is 0 Å². The third kappa shape index (κ3) is 3.32. The average molecular weight is 283 g/mol. The fourth-order valence-electron chi connectivity index (χ4n) is 3.37. The van der Waals surface area contributed by atoms with Crippen LogP contribution < -0.4 is 10.6 Å². The summed E-state index contributed by atoms with van der Waals surface area (Å²) in [5.41, 5.74) is -0.549. The maximum atomic E-state index is 12.5. The van der Waals surface area contributed by atoms with Gasteiger partial charge in [-0.05, 0) is 26.7 Å². The molecule has 5 heteroatoms. The molecule has 1 aliphatic carbocycles. The third-order valence-corrected chi connectivity index (χ3v) is 5.09. The molecule has 1 amide bonds. The third-order valence-electron chi connectivity index (χ3n) is 5.09. The number of nitrogens with one attached hydrogen (secondary N) is 2. The zero-order valence-electron chi connectivity index (χ0n) is 12.9. The van der Waals surface area contributed by atoms with E-state index in [1.807, 2.05) is 13.8 Å². The minimum atomic E-state index is -0.475. The lowest BCUT2D eigenvalue weighted by atomic mass is 9.87. The van der Waals surface area contributed by atoms with E-state index in [1.165, 1.54) is 0 Å². The van der Waals surface area contributed by atoms with Crippen molar-refractivity contribution in [2.24, 2.45) is 5.41 Å². The molecular weight excluding hydrogens is 254 g/mol. The van der Waals surface area contributed by atoms with Crippen LogP contribution in [0.1, 0.15) is 39.5 Å². The maximum absolute atomic E-state index is 12.5. The van der Waals surface area contributed by atoms with Crippen LogP contribution in [-0.4, -0.2) is 60.8 Å². The van der Waals surface area contributed by atoms with Crippen molar-refractivity contribution in [3.05, 3.63) is 0 Å². The smallest absolute Gasteiger partial charge is 0.239 e. The molecule has 0 spiro atoms. The molecule has 2 rings (SSSR count). The molecule has 1 saturated carbocycles. The maximum Gasteiger partial charge on any atom is 0.239 e. The molecule has 0 aromatic heterocycles. The summed E-state index contributed by atoms with van der Waals surface area (Å²) in [6, 6.07) is 0. The minimum Gasteiger partial charge on any atom is -0.396 e. The number of aliphatic hydroxyl groups is 1. The minimum absolute atomic E-state index is 0.0742. The van der Waals surface area contributed by atoms with E-state index in [0.29, 0.717) is 6.54 Å². The Bertz CT molecular complexity index is 332. The van der Waals surface area contributed by atoms with Gasteiger partial charge in [0.05, 0.1) is 12.1 Å². The summed E-state index contributed by atoms with van der Waals surface area (Å²) in [6.45, 7) is 8.48. The highest BCUT2D eigenvalue weighted by atomic mass is 16.3. The molecule has 2 aliphatic rings. The highest BCUT2D eigenvalue weighted by molar-refractivity contribution is 5.85. The van der Waals surface area contributed by atoms with E-state index in [-0.39, 0.29) is 17.9 Å². The SMILES string of the molecule is CC(C)(C(=O)NCC1(CO)CCCC1)N1CCNCC1. The Morgan fingerprint density at radius 2 is 1.90 bits per heavy atom. The van der Waals surface area contributed by atoms with E-state index >= 15 is 0 Å². The lowest BCUT2D eigenvalue weighted by Gasteiger charge is -2.40. The molecule has 1 saturated heterocycles. The summed E-state index contributed by atoms with van der Waals surface area (Å²) < 4.78 is 0. The first-order valence-electron chi connectivity index (χ1n) is 7.85. The summed E-state index contributed by atoms with van der Waals surface area (Å²) in [5.74, 6) is 0.0825. The first-order chi connectivity index (χ1) is 9.50. The van der Waals surface area contributed by atoms with Crippen molar-refractivity contribution in [3.63, 3.8) is 0 Å². The summed E-state index contributed by atoms with van der Waals surface area (Å²) >= 11 is 0. The Morgan fingerprint density at radius 3 is 2.45 bits per heavy atom. The Kier molecular flexibility index (Phi) is 5.04. The number of amides is 1. The Morgan fingerprint density at radius 1 is 1.30 bits per heavy atom. The van der Waals surface area contributed by atoms with Gasteiger partial charge >= 0.3 is 0 Å². The van der Waals surface area contributed by atoms with Gasteiger partial charge in [0.1, 0.15) is 0 Å². The van der Waals surface area contributed by atoms with Crippen LogP contribution in [0.2, 0.25) is 0 Å². The second-order valence-electron chi connectivity index (χ2n) is 6.84. The molecule has 116 valence electrons. The number of aliphatic hydroxyl groups excluding tert-OH is 1. The van der Waals surface area contributed by atoms with Gasteiger partial charge in [-0.3, -0.25) is 9.69 Å². The van der Waals surface area contributed by atoms with Gasteiger partial charge in [-0.25, -0.2) is 0 Å². The number of hydrogen-bond donors (Lipinski definition) is 3.